The van der Waals surface area contributed by atoms with Crippen molar-refractivity contribution in [2.24, 2.45) is 0 Å². The van der Waals surface area contributed by atoms with Crippen LogP contribution in [0.5, 0.6) is 0 Å². The van der Waals surface area contributed by atoms with Crippen molar-refractivity contribution in [3.8, 4) is 0 Å². The van der Waals surface area contributed by atoms with E-state index in [9.17, 15) is 0 Å². The summed E-state index contributed by atoms with van der Waals surface area (Å²) in [4.78, 5) is 8.76. The molecule has 0 bridgehead atoms. The van der Waals surface area contributed by atoms with E-state index < -0.39 is 0 Å². The normalized spacial score (nSPS) is 17.7. The van der Waals surface area contributed by atoms with E-state index in [1.807, 2.05) is 58.5 Å². The van der Waals surface area contributed by atoms with Crippen molar-refractivity contribution in [2.75, 3.05) is 27.4 Å². The van der Waals surface area contributed by atoms with E-state index in [1.165, 1.54) is 0 Å². The van der Waals surface area contributed by atoms with Crippen LogP contribution in [0, 0.1) is 0 Å². The minimum absolute atomic E-state index is 0.0155. The Balaban J connectivity index is 1.22. The first kappa shape index (κ1) is 36.2. The van der Waals surface area contributed by atoms with E-state index >= 15 is 0 Å². The summed E-state index contributed by atoms with van der Waals surface area (Å²) in [5, 5.41) is 7.41. The summed E-state index contributed by atoms with van der Waals surface area (Å²) in [5.74, 6) is 0. The highest BCUT2D eigenvalue weighted by Gasteiger charge is 2.43. The molecule has 0 aliphatic carbocycles. The average molecular weight is 831 g/mol. The van der Waals surface area contributed by atoms with Crippen LogP contribution < -0.4 is 0 Å². The summed E-state index contributed by atoms with van der Waals surface area (Å²) in [6.45, 7) is 5.24. The van der Waals surface area contributed by atoms with Gasteiger partial charge in [-0.05, 0) is 12.8 Å². The molecule has 0 fully saturated rings. The third-order valence-corrected chi connectivity index (χ3v) is 13.6. The number of hydrogen-bond acceptors (Lipinski definition) is 10. The Hall–Kier alpha value is -2.76. The standard InChI is InChI=1S/C38H30N4O2S8/c1-5-17(15-43-3)39-31(45)19-7-11-23-29-24(12-8-20(27(19)29)32(39)46)36(50)41(35(23)49)42-37(51)25-13-9-21-28-22(10-14-26(30(25)28)38(42)52)34(48)40(33(21)47)18(6-2)16-44-4/h7-14,17-18H,5-6,15-16H2,1-4H3. The molecule has 0 amide bonds. The Morgan fingerprint density at radius 3 is 0.808 bits per heavy atom. The lowest BCUT2D eigenvalue weighted by atomic mass is 9.86. The third-order valence-electron chi connectivity index (χ3n) is 10.4. The molecule has 0 aromatic heterocycles. The molecular weight excluding hydrogens is 801 g/mol. The summed E-state index contributed by atoms with van der Waals surface area (Å²) in [5.41, 5.74) is 7.03. The van der Waals surface area contributed by atoms with E-state index in [4.69, 9.17) is 107 Å². The van der Waals surface area contributed by atoms with Crippen LogP contribution >= 0.6 is 97.7 Å². The maximum atomic E-state index is 6.28. The third kappa shape index (κ3) is 4.92. The molecule has 0 N–H and O–H groups in total. The fourth-order valence-electron chi connectivity index (χ4n) is 7.92. The Morgan fingerprint density at radius 2 is 0.615 bits per heavy atom. The van der Waals surface area contributed by atoms with Crippen LogP contribution in [0.25, 0.3) is 21.5 Å². The SMILES string of the molecule is CCC(COC)N1C(=S)c2ccc3c4c(ccc(c24)C1=S)C(=S)N(N1C(=S)c2ccc4c5c(ccc(c25)C1=S)C(=S)N(C(CC)COC)C4=S)C3=S. The van der Waals surface area contributed by atoms with Crippen molar-refractivity contribution in [3.63, 3.8) is 0 Å². The molecule has 6 nitrogen and oxygen atoms in total. The van der Waals surface area contributed by atoms with Gasteiger partial charge in [0.15, 0.2) is 0 Å². The number of thiocarbonyl (C=S) groups is 8. The van der Waals surface area contributed by atoms with Gasteiger partial charge < -0.3 is 19.3 Å². The molecule has 2 atom stereocenters. The van der Waals surface area contributed by atoms with E-state index in [0.29, 0.717) is 53.1 Å². The topological polar surface area (TPSA) is 31.4 Å². The van der Waals surface area contributed by atoms with Crippen molar-refractivity contribution < 1.29 is 9.47 Å². The first-order valence-corrected chi connectivity index (χ1v) is 20.0. The van der Waals surface area contributed by atoms with Gasteiger partial charge >= 0.3 is 0 Å². The van der Waals surface area contributed by atoms with Gasteiger partial charge in [0, 0.05) is 80.3 Å². The molecule has 2 unspecified atom stereocenters. The Labute approximate surface area is 345 Å². The van der Waals surface area contributed by atoms with E-state index in [-0.39, 0.29) is 12.1 Å². The van der Waals surface area contributed by atoms with E-state index in [2.05, 4.69) is 23.6 Å². The molecule has 52 heavy (non-hydrogen) atoms. The largest absolute Gasteiger partial charge is 0.383 e. The summed E-state index contributed by atoms with van der Waals surface area (Å²) >= 11 is 49.5. The van der Waals surface area contributed by atoms with Crippen molar-refractivity contribution in [1.82, 2.24) is 19.8 Å². The van der Waals surface area contributed by atoms with Gasteiger partial charge in [0.2, 0.25) is 0 Å². The first-order chi connectivity index (χ1) is 25.0. The van der Waals surface area contributed by atoms with Crippen molar-refractivity contribution >= 4 is 159 Å². The summed E-state index contributed by atoms with van der Waals surface area (Å²) in [6, 6.07) is 16.3. The minimum Gasteiger partial charge on any atom is -0.383 e. The number of benzene rings is 4. The average Bonchev–Trinajstić information content (AvgIpc) is 3.14. The Kier molecular flexibility index (Phi) is 9.42. The van der Waals surface area contributed by atoms with Gasteiger partial charge in [-0.25, -0.2) is 10.0 Å². The maximum absolute atomic E-state index is 6.28. The lowest BCUT2D eigenvalue weighted by molar-refractivity contribution is 0.149. The van der Waals surface area contributed by atoms with Crippen LogP contribution in [0.1, 0.15) is 71.2 Å². The fraction of sp³-hybridized carbons (Fsp3) is 0.263. The lowest BCUT2D eigenvalue weighted by Gasteiger charge is -2.45. The minimum atomic E-state index is 0.0155. The summed E-state index contributed by atoms with van der Waals surface area (Å²) < 4.78 is 11.1. The monoisotopic (exact) mass is 830 g/mol. The van der Waals surface area contributed by atoms with Gasteiger partial charge in [0.05, 0.1) is 25.3 Å². The first-order valence-electron chi connectivity index (χ1n) is 16.7. The highest BCUT2D eigenvalue weighted by atomic mass is 32.1. The molecule has 0 saturated heterocycles. The molecule has 8 rings (SSSR count). The molecule has 0 spiro atoms. The smallest absolute Gasteiger partial charge is 0.135 e. The lowest BCUT2D eigenvalue weighted by Crippen LogP contribution is -2.57. The number of ether oxygens (including phenoxy) is 2. The zero-order valence-corrected chi connectivity index (χ0v) is 35.0. The molecule has 0 radical (unpaired) electrons. The highest BCUT2D eigenvalue weighted by molar-refractivity contribution is 7.84. The molecule has 4 aliphatic heterocycles. The Morgan fingerprint density at radius 1 is 0.404 bits per heavy atom. The van der Waals surface area contributed by atoms with Gasteiger partial charge in [-0.3, -0.25) is 0 Å². The molecule has 4 heterocycles. The highest BCUT2D eigenvalue weighted by Crippen LogP contribution is 2.43. The van der Waals surface area contributed by atoms with Crippen molar-refractivity contribution in [1.29, 1.82) is 0 Å². The van der Waals surface area contributed by atoms with Gasteiger partial charge in [-0.2, -0.15) is 0 Å². The van der Waals surface area contributed by atoms with Crippen molar-refractivity contribution in [2.45, 2.75) is 38.8 Å². The summed E-state index contributed by atoms with van der Waals surface area (Å²) in [7, 11) is 3.39. The predicted molar refractivity (Wildman–Crippen MR) is 241 cm³/mol. The molecule has 4 aliphatic rings. The predicted octanol–water partition coefficient (Wildman–Crippen LogP) is 8.12. The van der Waals surface area contributed by atoms with Gasteiger partial charge in [-0.1, -0.05) is 160 Å². The Bertz CT molecular complexity index is 2120. The van der Waals surface area contributed by atoms with Crippen LogP contribution in [0.15, 0.2) is 48.5 Å². The van der Waals surface area contributed by atoms with Crippen LogP contribution in [0.4, 0.5) is 0 Å². The number of rotatable bonds is 9. The van der Waals surface area contributed by atoms with Gasteiger partial charge in [-0.15, -0.1) is 0 Å². The van der Waals surface area contributed by atoms with Gasteiger partial charge in [0.1, 0.15) is 39.9 Å². The molecule has 14 heteroatoms. The van der Waals surface area contributed by atoms with E-state index in [1.54, 1.807) is 14.2 Å². The van der Waals surface area contributed by atoms with Crippen LogP contribution in [0.2, 0.25) is 0 Å². The zero-order valence-electron chi connectivity index (χ0n) is 28.5. The fourth-order valence-corrected chi connectivity index (χ4v) is 11.2. The van der Waals surface area contributed by atoms with Gasteiger partial charge in [0.25, 0.3) is 0 Å². The van der Waals surface area contributed by atoms with Crippen LogP contribution in [-0.2, 0) is 9.47 Å². The second-order valence-electron chi connectivity index (χ2n) is 13.0. The second kappa shape index (κ2) is 13.5. The van der Waals surface area contributed by atoms with Crippen LogP contribution in [0.3, 0.4) is 0 Å². The number of nitrogens with zero attached hydrogens (tertiary/aromatic N) is 4. The quantitative estimate of drug-likeness (QED) is 0.152. The zero-order chi connectivity index (χ0) is 36.9. The molecule has 4 aromatic rings. The molecular formula is C38H30N4O2S8. The van der Waals surface area contributed by atoms with Crippen molar-refractivity contribution in [3.05, 3.63) is 93.0 Å². The summed E-state index contributed by atoms with van der Waals surface area (Å²) in [6.07, 6.45) is 1.65. The second-order valence-corrected chi connectivity index (χ2v) is 16.1. The molecule has 262 valence electrons. The molecule has 0 saturated carbocycles. The number of hydrazine groups is 1. The number of hydrogen-bond donors (Lipinski definition) is 0. The van der Waals surface area contributed by atoms with Crippen LogP contribution in [-0.4, -0.2) is 99.2 Å². The maximum Gasteiger partial charge on any atom is 0.135 e. The molecule has 4 aromatic carbocycles. The van der Waals surface area contributed by atoms with E-state index in [0.717, 1.165) is 78.9 Å². The number of methoxy groups -OCH3 is 2.